The number of carbonyl (C=O) groups is 1. The van der Waals surface area contributed by atoms with Crippen LogP contribution in [-0.2, 0) is 22.7 Å². The first kappa shape index (κ1) is 28.5. The summed E-state index contributed by atoms with van der Waals surface area (Å²) >= 11 is 6.18. The number of rotatable bonds is 9. The van der Waals surface area contributed by atoms with Crippen LogP contribution in [0.15, 0.2) is 97.2 Å². The number of nitrogens with zero attached hydrogens (tertiary/aromatic N) is 5. The summed E-state index contributed by atoms with van der Waals surface area (Å²) in [5.74, 6) is -0.00571. The maximum absolute atomic E-state index is 12.8. The van der Waals surface area contributed by atoms with Crippen LogP contribution >= 0.6 is 11.6 Å². The number of ether oxygens (including phenoxy) is 1. The lowest BCUT2D eigenvalue weighted by Crippen LogP contribution is -2.49. The molecule has 9 nitrogen and oxygen atoms in total. The molecule has 1 fully saturated rings. The highest BCUT2D eigenvalue weighted by atomic mass is 35.5. The minimum absolute atomic E-state index is 0.00571. The zero-order valence-electron chi connectivity index (χ0n) is 23.4. The van der Waals surface area contributed by atoms with Crippen LogP contribution in [0.25, 0.3) is 28.0 Å². The van der Waals surface area contributed by atoms with Crippen molar-refractivity contribution in [3.05, 3.63) is 124 Å². The van der Waals surface area contributed by atoms with Gasteiger partial charge in [0.2, 0.25) is 5.91 Å². The van der Waals surface area contributed by atoms with Crippen molar-refractivity contribution in [2.75, 3.05) is 32.8 Å². The number of nitro groups is 1. The smallest absolute Gasteiger partial charge is 0.270 e. The van der Waals surface area contributed by atoms with Gasteiger partial charge in [0.25, 0.3) is 5.69 Å². The maximum Gasteiger partial charge on any atom is 0.270 e. The molecular weight excluding hydrogens is 566 g/mol. The van der Waals surface area contributed by atoms with Gasteiger partial charge < -0.3 is 14.0 Å². The molecule has 0 radical (unpaired) electrons. The van der Waals surface area contributed by atoms with Crippen molar-refractivity contribution in [3.8, 4) is 22.4 Å². The molecular formula is C33H30ClN5O4. The lowest BCUT2D eigenvalue weighted by Gasteiger charge is -2.34. The Bertz CT molecular complexity index is 1750. The van der Waals surface area contributed by atoms with Gasteiger partial charge in [0.1, 0.15) is 12.3 Å². The number of hydrogen-bond donors (Lipinski definition) is 0. The van der Waals surface area contributed by atoms with Crippen molar-refractivity contribution >= 4 is 28.8 Å². The van der Waals surface area contributed by atoms with Gasteiger partial charge in [-0.15, -0.1) is 0 Å². The summed E-state index contributed by atoms with van der Waals surface area (Å²) < 4.78 is 7.74. The number of pyridine rings is 1. The summed E-state index contributed by atoms with van der Waals surface area (Å²) in [5.41, 5.74) is 6.26. The third-order valence-corrected chi connectivity index (χ3v) is 7.91. The fraction of sp³-hybridized carbons (Fsp3) is 0.212. The highest BCUT2D eigenvalue weighted by Crippen LogP contribution is 2.30. The number of non-ortho nitro benzene ring substituents is 1. The van der Waals surface area contributed by atoms with Crippen LogP contribution in [0.3, 0.4) is 0 Å². The van der Waals surface area contributed by atoms with E-state index >= 15 is 0 Å². The summed E-state index contributed by atoms with van der Waals surface area (Å²) in [6.45, 7) is 3.73. The van der Waals surface area contributed by atoms with E-state index in [0.29, 0.717) is 44.4 Å². The Balaban J connectivity index is 1.21. The quantitative estimate of drug-likeness (QED) is 0.151. The first-order chi connectivity index (χ1) is 20.9. The summed E-state index contributed by atoms with van der Waals surface area (Å²) in [6, 6.07) is 27.9. The topological polar surface area (TPSA) is 93.2 Å². The molecule has 5 aromatic rings. The van der Waals surface area contributed by atoms with Gasteiger partial charge >= 0.3 is 0 Å². The molecule has 43 heavy (non-hydrogen) atoms. The number of nitro benzene ring substituents is 1. The molecule has 1 aliphatic heterocycles. The minimum Gasteiger partial charge on any atom is -0.367 e. The second-order valence-corrected chi connectivity index (χ2v) is 10.9. The van der Waals surface area contributed by atoms with Gasteiger partial charge in [-0.1, -0.05) is 66.2 Å². The zero-order chi connectivity index (χ0) is 29.8. The highest BCUT2D eigenvalue weighted by molar-refractivity contribution is 6.30. The van der Waals surface area contributed by atoms with Crippen molar-refractivity contribution in [1.82, 2.24) is 19.2 Å². The van der Waals surface area contributed by atoms with Gasteiger partial charge in [0, 0.05) is 61.6 Å². The third-order valence-electron chi connectivity index (χ3n) is 7.66. The monoisotopic (exact) mass is 595 g/mol. The van der Waals surface area contributed by atoms with E-state index in [9.17, 15) is 14.9 Å². The molecule has 0 bridgehead atoms. The van der Waals surface area contributed by atoms with Crippen LogP contribution in [0.2, 0.25) is 5.02 Å². The largest absolute Gasteiger partial charge is 0.367 e. The van der Waals surface area contributed by atoms with Crippen LogP contribution < -0.4 is 0 Å². The lowest BCUT2D eigenvalue weighted by atomic mass is 10.1. The van der Waals surface area contributed by atoms with E-state index in [0.717, 1.165) is 39.3 Å². The molecule has 10 heteroatoms. The number of benzene rings is 3. The highest BCUT2D eigenvalue weighted by Gasteiger charge is 2.24. The first-order valence-electron chi connectivity index (χ1n) is 14.1. The van der Waals surface area contributed by atoms with Gasteiger partial charge in [-0.3, -0.25) is 19.8 Å². The first-order valence-corrected chi connectivity index (χ1v) is 14.5. The molecule has 1 saturated heterocycles. The standard InChI is InChI=1S/C33H30ClN5O4/c34-28-12-9-25(10-13-28)33-30(38-20-27(11-14-31(38)35-33)26-7-4-8-29(19-26)39(41)42)21-36-15-17-37(18-16-36)32(40)23-43-22-24-5-2-1-3-6-24/h1-14,19-20H,15-18,21-23H2. The second-order valence-electron chi connectivity index (χ2n) is 10.5. The van der Waals surface area contributed by atoms with Crippen molar-refractivity contribution in [1.29, 1.82) is 0 Å². The Morgan fingerprint density at radius 2 is 1.63 bits per heavy atom. The number of aromatic nitrogens is 2. The van der Waals surface area contributed by atoms with Gasteiger partial charge in [0.05, 0.1) is 22.9 Å². The number of imidazole rings is 1. The number of hydrogen-bond acceptors (Lipinski definition) is 6. The molecule has 0 spiro atoms. The Morgan fingerprint density at radius 1 is 0.884 bits per heavy atom. The third kappa shape index (κ3) is 6.59. The van der Waals surface area contributed by atoms with E-state index < -0.39 is 0 Å². The van der Waals surface area contributed by atoms with Gasteiger partial charge in [0.15, 0.2) is 0 Å². The maximum atomic E-state index is 12.8. The number of amides is 1. The van der Waals surface area contributed by atoms with Gasteiger partial charge in [-0.05, 0) is 41.0 Å². The zero-order valence-corrected chi connectivity index (χ0v) is 24.2. The van der Waals surface area contributed by atoms with Crippen LogP contribution in [0.1, 0.15) is 11.3 Å². The van der Waals surface area contributed by atoms with E-state index in [2.05, 4.69) is 9.30 Å². The van der Waals surface area contributed by atoms with Gasteiger partial charge in [-0.25, -0.2) is 4.98 Å². The van der Waals surface area contributed by atoms with Crippen molar-refractivity contribution in [2.45, 2.75) is 13.2 Å². The SMILES string of the molecule is O=C(COCc1ccccc1)N1CCN(Cc2c(-c3ccc(Cl)cc3)nc3ccc(-c4cccc([N+](=O)[O-])c4)cn23)CC1. The van der Waals surface area contributed by atoms with E-state index in [1.165, 1.54) is 6.07 Å². The average Bonchev–Trinajstić information content (AvgIpc) is 3.39. The van der Waals surface area contributed by atoms with Crippen molar-refractivity contribution in [2.24, 2.45) is 0 Å². The van der Waals surface area contributed by atoms with Crippen LogP contribution in [0, 0.1) is 10.1 Å². The number of halogens is 1. The molecule has 2 aromatic heterocycles. The number of carbonyl (C=O) groups excluding carboxylic acids is 1. The van der Waals surface area contributed by atoms with Crippen LogP contribution in [0.4, 0.5) is 5.69 Å². The Labute approximate surface area is 254 Å². The van der Waals surface area contributed by atoms with Crippen molar-refractivity contribution in [3.63, 3.8) is 0 Å². The Morgan fingerprint density at radius 3 is 2.37 bits per heavy atom. The molecule has 3 heterocycles. The predicted molar refractivity (Wildman–Crippen MR) is 166 cm³/mol. The van der Waals surface area contributed by atoms with E-state index in [4.69, 9.17) is 21.3 Å². The number of piperazine rings is 1. The fourth-order valence-electron chi connectivity index (χ4n) is 5.34. The molecule has 6 rings (SSSR count). The average molecular weight is 596 g/mol. The molecule has 0 aliphatic carbocycles. The van der Waals surface area contributed by atoms with Gasteiger partial charge in [-0.2, -0.15) is 0 Å². The second kappa shape index (κ2) is 12.7. The Kier molecular flexibility index (Phi) is 8.46. The van der Waals surface area contributed by atoms with E-state index in [-0.39, 0.29) is 23.1 Å². The summed E-state index contributed by atoms with van der Waals surface area (Å²) in [5, 5.41) is 12.0. The van der Waals surface area contributed by atoms with Crippen molar-refractivity contribution < 1.29 is 14.5 Å². The Hall–Kier alpha value is -4.57. The molecule has 0 unspecified atom stereocenters. The molecule has 218 valence electrons. The minimum atomic E-state index is -0.386. The lowest BCUT2D eigenvalue weighted by molar-refractivity contribution is -0.384. The van der Waals surface area contributed by atoms with Crippen LogP contribution in [0.5, 0.6) is 0 Å². The molecule has 0 atom stereocenters. The summed E-state index contributed by atoms with van der Waals surface area (Å²) in [7, 11) is 0. The number of fused-ring (bicyclic) bond motifs is 1. The molecule has 0 N–H and O–H groups in total. The molecule has 1 aliphatic rings. The summed E-state index contributed by atoms with van der Waals surface area (Å²) in [6.07, 6.45) is 1.99. The normalized spacial score (nSPS) is 13.8. The molecule has 3 aromatic carbocycles. The van der Waals surface area contributed by atoms with E-state index in [1.54, 1.807) is 12.1 Å². The van der Waals surface area contributed by atoms with E-state index in [1.807, 2.05) is 83.9 Å². The molecule has 0 saturated carbocycles. The summed E-state index contributed by atoms with van der Waals surface area (Å²) in [4.78, 5) is 32.9. The molecule has 1 amide bonds. The fourth-order valence-corrected chi connectivity index (χ4v) is 5.47. The predicted octanol–water partition coefficient (Wildman–Crippen LogP) is 6.09. The van der Waals surface area contributed by atoms with Crippen LogP contribution in [-0.4, -0.2) is 62.8 Å².